The van der Waals surface area contributed by atoms with Gasteiger partial charge in [0.1, 0.15) is 30.9 Å². The van der Waals surface area contributed by atoms with Crippen LogP contribution < -0.4 is 14.2 Å². The molecule has 0 fully saturated rings. The number of aliphatic hydroxyl groups excluding tert-OH is 1. The van der Waals surface area contributed by atoms with Gasteiger partial charge in [0.2, 0.25) is 0 Å². The maximum atomic E-state index is 14.0. The summed E-state index contributed by atoms with van der Waals surface area (Å²) in [5, 5.41) is 10.4. The number of ether oxygens (including phenoxy) is 3. The van der Waals surface area contributed by atoms with Gasteiger partial charge in [-0.3, -0.25) is 0 Å². The zero-order chi connectivity index (χ0) is 14.8. The van der Waals surface area contributed by atoms with Gasteiger partial charge in [0.25, 0.3) is 0 Å². The molecule has 0 amide bonds. The molecule has 110 valence electrons. The summed E-state index contributed by atoms with van der Waals surface area (Å²) in [6.45, 7) is 0.964. The van der Waals surface area contributed by atoms with E-state index in [1.807, 2.05) is 0 Å². The van der Waals surface area contributed by atoms with E-state index in [1.54, 1.807) is 24.3 Å². The summed E-state index contributed by atoms with van der Waals surface area (Å²) in [5.41, 5.74) is 0.732. The fraction of sp³-hybridized carbons (Fsp3) is 0.250. The van der Waals surface area contributed by atoms with Gasteiger partial charge in [-0.15, -0.1) is 0 Å². The minimum atomic E-state index is -1.08. The summed E-state index contributed by atoms with van der Waals surface area (Å²) >= 11 is 0. The van der Waals surface area contributed by atoms with E-state index in [4.69, 9.17) is 14.2 Å². The molecule has 1 atom stereocenters. The quantitative estimate of drug-likeness (QED) is 0.944. The molecule has 0 spiro atoms. The van der Waals surface area contributed by atoms with Crippen LogP contribution in [-0.2, 0) is 0 Å². The van der Waals surface area contributed by atoms with Gasteiger partial charge in [-0.25, -0.2) is 4.39 Å². The number of methoxy groups -OCH3 is 1. The van der Waals surface area contributed by atoms with E-state index < -0.39 is 11.9 Å². The molecule has 1 aliphatic heterocycles. The monoisotopic (exact) mass is 290 g/mol. The van der Waals surface area contributed by atoms with Crippen molar-refractivity contribution >= 4 is 0 Å². The molecule has 21 heavy (non-hydrogen) atoms. The molecule has 1 N–H and O–H groups in total. The van der Waals surface area contributed by atoms with Crippen molar-refractivity contribution in [2.24, 2.45) is 0 Å². The van der Waals surface area contributed by atoms with E-state index in [0.29, 0.717) is 36.0 Å². The standard InChI is InChI=1S/C16H15FO4/c1-19-11-3-4-12(13(17)9-11)16(18)10-2-5-14-15(8-10)21-7-6-20-14/h2-5,8-9,16,18H,6-7H2,1H3. The molecule has 1 aliphatic rings. The highest BCUT2D eigenvalue weighted by Gasteiger charge is 2.19. The minimum Gasteiger partial charge on any atom is -0.497 e. The van der Waals surface area contributed by atoms with Crippen LogP contribution >= 0.6 is 0 Å². The van der Waals surface area contributed by atoms with E-state index in [9.17, 15) is 9.50 Å². The summed E-state index contributed by atoms with van der Waals surface area (Å²) in [6, 6.07) is 9.45. The Kier molecular flexibility index (Phi) is 3.66. The molecule has 4 nitrogen and oxygen atoms in total. The van der Waals surface area contributed by atoms with Crippen LogP contribution in [0.2, 0.25) is 0 Å². The first-order valence-corrected chi connectivity index (χ1v) is 6.60. The van der Waals surface area contributed by atoms with E-state index in [-0.39, 0.29) is 5.56 Å². The van der Waals surface area contributed by atoms with Gasteiger partial charge >= 0.3 is 0 Å². The fourth-order valence-electron chi connectivity index (χ4n) is 2.27. The van der Waals surface area contributed by atoms with Crippen LogP contribution in [0.5, 0.6) is 17.2 Å². The van der Waals surface area contributed by atoms with E-state index in [0.717, 1.165) is 0 Å². The largest absolute Gasteiger partial charge is 0.497 e. The van der Waals surface area contributed by atoms with Crippen LogP contribution in [0, 0.1) is 5.82 Å². The lowest BCUT2D eigenvalue weighted by atomic mass is 10.0. The van der Waals surface area contributed by atoms with Gasteiger partial charge in [0.15, 0.2) is 11.5 Å². The zero-order valence-electron chi connectivity index (χ0n) is 11.5. The molecule has 5 heteroatoms. The Morgan fingerprint density at radius 1 is 1.10 bits per heavy atom. The molecule has 0 bridgehead atoms. The Morgan fingerprint density at radius 2 is 1.86 bits per heavy atom. The third-order valence-electron chi connectivity index (χ3n) is 3.38. The average molecular weight is 290 g/mol. The van der Waals surface area contributed by atoms with Crippen molar-refractivity contribution < 1.29 is 23.7 Å². The summed E-state index contributed by atoms with van der Waals surface area (Å²) in [6.07, 6.45) is -1.08. The SMILES string of the molecule is COc1ccc(C(O)c2ccc3c(c2)OCCO3)c(F)c1. The van der Waals surface area contributed by atoms with Gasteiger partial charge < -0.3 is 19.3 Å². The summed E-state index contributed by atoms with van der Waals surface area (Å²) in [4.78, 5) is 0. The molecule has 0 saturated heterocycles. The first-order valence-electron chi connectivity index (χ1n) is 6.60. The van der Waals surface area contributed by atoms with E-state index in [2.05, 4.69) is 0 Å². The highest BCUT2D eigenvalue weighted by molar-refractivity contribution is 5.46. The van der Waals surface area contributed by atoms with Crippen LogP contribution in [0.15, 0.2) is 36.4 Å². The van der Waals surface area contributed by atoms with Crippen molar-refractivity contribution in [3.8, 4) is 17.2 Å². The van der Waals surface area contributed by atoms with Crippen LogP contribution in [0.3, 0.4) is 0 Å². The molecular weight excluding hydrogens is 275 g/mol. The molecule has 3 rings (SSSR count). The number of halogens is 1. The van der Waals surface area contributed by atoms with E-state index >= 15 is 0 Å². The predicted octanol–water partition coefficient (Wildman–Crippen LogP) is 2.69. The summed E-state index contributed by atoms with van der Waals surface area (Å²) < 4.78 is 29.9. The van der Waals surface area contributed by atoms with Gasteiger partial charge in [-0.05, 0) is 29.8 Å². The van der Waals surface area contributed by atoms with Crippen molar-refractivity contribution in [2.45, 2.75) is 6.10 Å². The average Bonchev–Trinajstić information content (AvgIpc) is 2.53. The molecule has 0 saturated carbocycles. The number of hydrogen-bond acceptors (Lipinski definition) is 4. The van der Waals surface area contributed by atoms with Gasteiger partial charge in [0.05, 0.1) is 7.11 Å². The van der Waals surface area contributed by atoms with Gasteiger partial charge in [0, 0.05) is 11.6 Å². The fourth-order valence-corrected chi connectivity index (χ4v) is 2.27. The number of aliphatic hydroxyl groups is 1. The third-order valence-corrected chi connectivity index (χ3v) is 3.38. The molecule has 0 aliphatic carbocycles. The minimum absolute atomic E-state index is 0.187. The van der Waals surface area contributed by atoms with E-state index in [1.165, 1.54) is 19.2 Å². The van der Waals surface area contributed by atoms with Gasteiger partial charge in [-0.2, -0.15) is 0 Å². The molecule has 0 radical (unpaired) electrons. The molecular formula is C16H15FO4. The lowest BCUT2D eigenvalue weighted by molar-refractivity contribution is 0.169. The van der Waals surface area contributed by atoms with Gasteiger partial charge in [-0.1, -0.05) is 6.07 Å². The summed E-state index contributed by atoms with van der Waals surface area (Å²) in [7, 11) is 1.46. The van der Waals surface area contributed by atoms with Crippen molar-refractivity contribution in [3.63, 3.8) is 0 Å². The maximum Gasteiger partial charge on any atom is 0.161 e. The normalized spacial score (nSPS) is 14.6. The highest BCUT2D eigenvalue weighted by atomic mass is 19.1. The van der Waals surface area contributed by atoms with Crippen LogP contribution in [0.25, 0.3) is 0 Å². The number of hydrogen-bond donors (Lipinski definition) is 1. The lowest BCUT2D eigenvalue weighted by Crippen LogP contribution is -2.15. The lowest BCUT2D eigenvalue weighted by Gasteiger charge is -2.20. The molecule has 0 aromatic heterocycles. The highest BCUT2D eigenvalue weighted by Crippen LogP contribution is 2.35. The second-order valence-corrected chi connectivity index (χ2v) is 4.69. The topological polar surface area (TPSA) is 47.9 Å². The molecule has 1 heterocycles. The number of benzene rings is 2. The van der Waals surface area contributed by atoms with Crippen molar-refractivity contribution in [1.29, 1.82) is 0 Å². The zero-order valence-corrected chi connectivity index (χ0v) is 11.5. The number of rotatable bonds is 3. The van der Waals surface area contributed by atoms with Crippen molar-refractivity contribution in [3.05, 3.63) is 53.3 Å². The van der Waals surface area contributed by atoms with Crippen LogP contribution in [0.1, 0.15) is 17.2 Å². The maximum absolute atomic E-state index is 14.0. The first-order chi connectivity index (χ1) is 10.2. The Balaban J connectivity index is 1.93. The smallest absolute Gasteiger partial charge is 0.161 e. The second-order valence-electron chi connectivity index (χ2n) is 4.69. The predicted molar refractivity (Wildman–Crippen MR) is 74.4 cm³/mol. The van der Waals surface area contributed by atoms with Crippen LogP contribution in [0.4, 0.5) is 4.39 Å². The third kappa shape index (κ3) is 2.64. The Morgan fingerprint density at radius 3 is 2.57 bits per heavy atom. The van der Waals surface area contributed by atoms with Crippen molar-refractivity contribution in [1.82, 2.24) is 0 Å². The molecule has 1 unspecified atom stereocenters. The Hall–Kier alpha value is -2.27. The molecule has 2 aromatic carbocycles. The first kappa shape index (κ1) is 13.7. The Labute approximate surface area is 121 Å². The number of fused-ring (bicyclic) bond motifs is 1. The molecule has 2 aromatic rings. The summed E-state index contributed by atoms with van der Waals surface area (Å²) in [5.74, 6) is 1.08. The Bertz CT molecular complexity index is 657. The van der Waals surface area contributed by atoms with Crippen LogP contribution in [-0.4, -0.2) is 25.4 Å². The van der Waals surface area contributed by atoms with Crippen molar-refractivity contribution in [2.75, 3.05) is 20.3 Å². The second kappa shape index (κ2) is 5.61.